The number of fused-ring (bicyclic) bond motifs is 1. The molecule has 0 bridgehead atoms. The number of phenols is 1. The highest BCUT2D eigenvalue weighted by atomic mass is 19.1. The van der Waals surface area contributed by atoms with Gasteiger partial charge in [-0.05, 0) is 101 Å². The maximum atomic E-state index is 12.1. The second kappa shape index (κ2) is 15.8. The first-order chi connectivity index (χ1) is 16.7. The van der Waals surface area contributed by atoms with Crippen LogP contribution in [0.4, 0.5) is 4.39 Å². The number of nitrogens with two attached hydrogens (primary N) is 1. The van der Waals surface area contributed by atoms with E-state index < -0.39 is 0 Å². The van der Waals surface area contributed by atoms with Crippen LogP contribution in [0.15, 0.2) is 96.8 Å². The molecular weight excluding hydrogens is 433 g/mol. The van der Waals surface area contributed by atoms with E-state index in [1.807, 2.05) is 51.1 Å². The molecule has 3 N–H and O–H groups in total. The van der Waals surface area contributed by atoms with Crippen LogP contribution in [-0.2, 0) is 6.42 Å². The summed E-state index contributed by atoms with van der Waals surface area (Å²) in [5.41, 5.74) is 10.2. The van der Waals surface area contributed by atoms with Crippen LogP contribution in [0.1, 0.15) is 64.5 Å². The van der Waals surface area contributed by atoms with Crippen LogP contribution in [0.2, 0.25) is 0 Å². The molecule has 35 heavy (non-hydrogen) atoms. The first kappa shape index (κ1) is 30.0. The van der Waals surface area contributed by atoms with E-state index in [1.54, 1.807) is 23.8 Å². The molecule has 2 aliphatic carbocycles. The molecule has 1 fully saturated rings. The van der Waals surface area contributed by atoms with E-state index in [2.05, 4.69) is 38.3 Å². The topological polar surface area (TPSA) is 46.2 Å². The first-order valence-electron chi connectivity index (χ1n) is 12.5. The van der Waals surface area contributed by atoms with Gasteiger partial charge in [0.1, 0.15) is 11.6 Å². The molecule has 190 valence electrons. The number of aromatic hydroxyl groups is 1. The average Bonchev–Trinajstić information content (AvgIpc) is 3.17. The standard InChI is InChI=1S/C19H24O.C7H7F.C4H8.C2H5N/c1-14-11-12-19(2)16(9-10-17(19)13-14)8-7-15-5-3-4-6-18(15)20;1-6-2-4-7(8)5-3-6;1-3-4-2;1-2-3/h3-6,11,13,16,20H,7-10,12H2,1-2H3;2-5H,1H3;3-4H,1-2H3;2H,1,3H2/b;;4-3-;. The minimum Gasteiger partial charge on any atom is -0.508 e. The minimum absolute atomic E-state index is 0.171. The fourth-order valence-electron chi connectivity index (χ4n) is 4.49. The van der Waals surface area contributed by atoms with Gasteiger partial charge < -0.3 is 10.8 Å². The molecular formula is C32H44FNO. The van der Waals surface area contributed by atoms with E-state index in [0.29, 0.717) is 11.2 Å². The SMILES string of the molecule is C/C=C\C.C=CN.CC1=CCC2(C)C(=C1)CCC2CCc1ccccc1O.Cc1ccc(F)cc1. The van der Waals surface area contributed by atoms with E-state index in [4.69, 9.17) is 0 Å². The Hall–Kier alpha value is -3.07. The summed E-state index contributed by atoms with van der Waals surface area (Å²) in [5, 5.41) is 9.89. The molecule has 0 spiro atoms. The molecule has 1 saturated carbocycles. The van der Waals surface area contributed by atoms with Crippen molar-refractivity contribution in [1.82, 2.24) is 0 Å². The summed E-state index contributed by atoms with van der Waals surface area (Å²) in [6.07, 6.45) is 16.0. The van der Waals surface area contributed by atoms with E-state index in [0.717, 1.165) is 23.5 Å². The van der Waals surface area contributed by atoms with Crippen molar-refractivity contribution >= 4 is 0 Å². The summed E-state index contributed by atoms with van der Waals surface area (Å²) in [6, 6.07) is 14.2. The zero-order valence-electron chi connectivity index (χ0n) is 22.2. The lowest BCUT2D eigenvalue weighted by Crippen LogP contribution is -2.25. The fraction of sp³-hybridized carbons (Fsp3) is 0.375. The van der Waals surface area contributed by atoms with Gasteiger partial charge in [-0.2, -0.15) is 0 Å². The molecule has 3 heteroatoms. The van der Waals surface area contributed by atoms with Crippen LogP contribution in [0.3, 0.4) is 0 Å². The molecule has 0 saturated heterocycles. The Labute approximate surface area is 212 Å². The largest absolute Gasteiger partial charge is 0.508 e. The van der Waals surface area contributed by atoms with Crippen molar-refractivity contribution in [2.45, 2.75) is 66.7 Å². The summed E-state index contributed by atoms with van der Waals surface area (Å²) in [6.45, 7) is 13.7. The monoisotopic (exact) mass is 477 g/mol. The lowest BCUT2D eigenvalue weighted by atomic mass is 9.70. The summed E-state index contributed by atoms with van der Waals surface area (Å²) < 4.78 is 12.1. The molecule has 0 aromatic heterocycles. The van der Waals surface area contributed by atoms with Gasteiger partial charge in [0, 0.05) is 0 Å². The van der Waals surface area contributed by atoms with Crippen LogP contribution < -0.4 is 5.73 Å². The van der Waals surface area contributed by atoms with Crippen LogP contribution in [0.5, 0.6) is 5.75 Å². The van der Waals surface area contributed by atoms with Crippen LogP contribution in [0.25, 0.3) is 0 Å². The van der Waals surface area contributed by atoms with Gasteiger partial charge in [0.15, 0.2) is 0 Å². The van der Waals surface area contributed by atoms with Crippen molar-refractivity contribution in [3.8, 4) is 5.75 Å². The van der Waals surface area contributed by atoms with Gasteiger partial charge in [0.05, 0.1) is 0 Å². The number of para-hydroxylation sites is 1. The summed E-state index contributed by atoms with van der Waals surface area (Å²) >= 11 is 0. The highest BCUT2D eigenvalue weighted by Crippen LogP contribution is 2.53. The van der Waals surface area contributed by atoms with Crippen LogP contribution in [0, 0.1) is 24.1 Å². The molecule has 0 amide bonds. The number of phenolic OH excluding ortho intramolecular Hbond substituents is 1. The van der Waals surface area contributed by atoms with Gasteiger partial charge in [0.2, 0.25) is 0 Å². The Morgan fingerprint density at radius 1 is 1.09 bits per heavy atom. The minimum atomic E-state index is -0.171. The number of hydrogen-bond donors (Lipinski definition) is 2. The summed E-state index contributed by atoms with van der Waals surface area (Å²) in [4.78, 5) is 0. The molecule has 2 unspecified atom stereocenters. The molecule has 2 aromatic carbocycles. The van der Waals surface area contributed by atoms with Gasteiger partial charge >= 0.3 is 0 Å². The Morgan fingerprint density at radius 2 is 1.69 bits per heavy atom. The predicted molar refractivity (Wildman–Crippen MR) is 150 cm³/mol. The third-order valence-electron chi connectivity index (χ3n) is 6.74. The number of hydrogen-bond acceptors (Lipinski definition) is 2. The summed E-state index contributed by atoms with van der Waals surface area (Å²) in [7, 11) is 0. The predicted octanol–water partition coefficient (Wildman–Crippen LogP) is 8.82. The van der Waals surface area contributed by atoms with Crippen molar-refractivity contribution in [3.63, 3.8) is 0 Å². The molecule has 0 aliphatic heterocycles. The Morgan fingerprint density at radius 3 is 2.23 bits per heavy atom. The third kappa shape index (κ3) is 9.98. The second-order valence-electron chi connectivity index (χ2n) is 9.34. The number of aryl methyl sites for hydroxylation is 2. The van der Waals surface area contributed by atoms with E-state index >= 15 is 0 Å². The van der Waals surface area contributed by atoms with Gasteiger partial charge in [-0.1, -0.05) is 84.8 Å². The van der Waals surface area contributed by atoms with E-state index in [-0.39, 0.29) is 5.82 Å². The second-order valence-corrected chi connectivity index (χ2v) is 9.34. The van der Waals surface area contributed by atoms with Gasteiger partial charge in [0.25, 0.3) is 0 Å². The maximum absolute atomic E-state index is 12.1. The normalized spacial score (nSPS) is 20.0. The zero-order chi connectivity index (χ0) is 26.3. The number of benzene rings is 2. The van der Waals surface area contributed by atoms with Crippen molar-refractivity contribution < 1.29 is 9.50 Å². The number of halogens is 1. The molecule has 0 radical (unpaired) electrons. The fourth-order valence-corrected chi connectivity index (χ4v) is 4.49. The third-order valence-corrected chi connectivity index (χ3v) is 6.74. The van der Waals surface area contributed by atoms with Gasteiger partial charge in [-0.3, -0.25) is 0 Å². The molecule has 2 nitrogen and oxygen atoms in total. The molecule has 2 aromatic rings. The highest BCUT2D eigenvalue weighted by Gasteiger charge is 2.42. The Bertz CT molecular complexity index is 962. The van der Waals surface area contributed by atoms with Crippen molar-refractivity contribution in [2.75, 3.05) is 0 Å². The smallest absolute Gasteiger partial charge is 0.123 e. The van der Waals surface area contributed by atoms with Gasteiger partial charge in [-0.25, -0.2) is 4.39 Å². The molecule has 2 aliphatic rings. The first-order valence-corrected chi connectivity index (χ1v) is 12.5. The Balaban J connectivity index is 0.000000336. The van der Waals surface area contributed by atoms with E-state index in [9.17, 15) is 9.50 Å². The van der Waals surface area contributed by atoms with Gasteiger partial charge in [-0.15, -0.1) is 0 Å². The summed E-state index contributed by atoms with van der Waals surface area (Å²) in [5.74, 6) is 1.03. The van der Waals surface area contributed by atoms with Crippen molar-refractivity contribution in [3.05, 3.63) is 114 Å². The maximum Gasteiger partial charge on any atom is 0.123 e. The highest BCUT2D eigenvalue weighted by molar-refractivity contribution is 5.36. The molecule has 2 atom stereocenters. The quantitative estimate of drug-likeness (QED) is 0.434. The molecule has 4 rings (SSSR count). The lowest BCUT2D eigenvalue weighted by molar-refractivity contribution is 0.259. The van der Waals surface area contributed by atoms with E-state index in [1.165, 1.54) is 49.6 Å². The average molecular weight is 478 g/mol. The number of rotatable bonds is 3. The van der Waals surface area contributed by atoms with Crippen LogP contribution in [-0.4, -0.2) is 5.11 Å². The lowest BCUT2D eigenvalue weighted by Gasteiger charge is -2.35. The van der Waals surface area contributed by atoms with Crippen molar-refractivity contribution in [2.24, 2.45) is 17.1 Å². The van der Waals surface area contributed by atoms with Crippen LogP contribution >= 0.6 is 0 Å². The molecule has 0 heterocycles. The zero-order valence-corrected chi connectivity index (χ0v) is 22.2. The van der Waals surface area contributed by atoms with Crippen molar-refractivity contribution in [1.29, 1.82) is 0 Å². The number of allylic oxidation sites excluding steroid dienone is 6. The Kier molecular flexibility index (Phi) is 13.5.